The number of hydrogen-bond acceptors (Lipinski definition) is 3. The Labute approximate surface area is 194 Å². The van der Waals surface area contributed by atoms with Crippen LogP contribution in [-0.4, -0.2) is 41.2 Å². The van der Waals surface area contributed by atoms with Gasteiger partial charge in [-0.05, 0) is 0 Å². The van der Waals surface area contributed by atoms with Crippen molar-refractivity contribution in [3.8, 4) is 0 Å². The lowest BCUT2D eigenvalue weighted by Crippen LogP contribution is -2.48. The van der Waals surface area contributed by atoms with Gasteiger partial charge in [0, 0.05) is 50.5 Å². The Morgan fingerprint density at radius 3 is 1.22 bits per heavy atom. The van der Waals surface area contributed by atoms with Crippen molar-refractivity contribution in [3.05, 3.63) is 108 Å². The topological polar surface area (TPSA) is 27.7 Å². The smallest absolute Gasteiger partial charge is 0.377 e. The highest BCUT2D eigenvalue weighted by atomic mass is 28.4. The van der Waals surface area contributed by atoms with Gasteiger partial charge in [0.05, 0.1) is 6.54 Å². The van der Waals surface area contributed by atoms with Crippen molar-refractivity contribution in [1.29, 1.82) is 0 Å². The first-order valence-corrected chi connectivity index (χ1v) is 13.2. The maximum absolute atomic E-state index is 5.69. The van der Waals surface area contributed by atoms with Gasteiger partial charge in [0.1, 0.15) is 19.6 Å². The Hall–Kier alpha value is -2.28. The van der Waals surface area contributed by atoms with Crippen LogP contribution in [0, 0.1) is 0 Å². The van der Waals surface area contributed by atoms with Gasteiger partial charge < -0.3 is 17.8 Å². The third-order valence-corrected chi connectivity index (χ3v) is 8.96. The van der Waals surface area contributed by atoms with E-state index in [1.54, 1.807) is 21.3 Å². The minimum absolute atomic E-state index is 0.800. The highest BCUT2D eigenvalue weighted by Crippen LogP contribution is 2.27. The third-order valence-electron chi connectivity index (χ3n) is 6.13. The van der Waals surface area contributed by atoms with Crippen LogP contribution in [0.2, 0.25) is 6.04 Å². The number of quaternary nitrogens is 1. The summed E-state index contributed by atoms with van der Waals surface area (Å²) in [7, 11) is 2.48. The van der Waals surface area contributed by atoms with Crippen molar-refractivity contribution in [2.24, 2.45) is 0 Å². The molecule has 0 aliphatic rings. The van der Waals surface area contributed by atoms with Crippen molar-refractivity contribution in [2.45, 2.75) is 32.1 Å². The first-order valence-electron chi connectivity index (χ1n) is 11.2. The Morgan fingerprint density at radius 1 is 0.562 bits per heavy atom. The van der Waals surface area contributed by atoms with E-state index >= 15 is 0 Å². The van der Waals surface area contributed by atoms with Crippen LogP contribution in [-0.2, 0) is 32.9 Å². The fourth-order valence-electron chi connectivity index (χ4n) is 4.50. The Kier molecular flexibility index (Phi) is 9.20. The molecule has 0 aliphatic heterocycles. The summed E-state index contributed by atoms with van der Waals surface area (Å²) in [5, 5.41) is 0. The number of rotatable bonds is 13. The van der Waals surface area contributed by atoms with Gasteiger partial charge >= 0.3 is 8.80 Å². The molecule has 0 atom stereocenters. The normalized spacial score (nSPS) is 12.1. The van der Waals surface area contributed by atoms with Crippen LogP contribution in [0.4, 0.5) is 0 Å². The van der Waals surface area contributed by atoms with E-state index < -0.39 is 8.80 Å². The van der Waals surface area contributed by atoms with Crippen molar-refractivity contribution in [2.75, 3.05) is 27.9 Å². The second-order valence-corrected chi connectivity index (χ2v) is 11.5. The summed E-state index contributed by atoms with van der Waals surface area (Å²) < 4.78 is 18.0. The van der Waals surface area contributed by atoms with Crippen molar-refractivity contribution in [1.82, 2.24) is 0 Å². The number of benzene rings is 3. The summed E-state index contributed by atoms with van der Waals surface area (Å²) in [6.07, 6.45) is 0.967. The number of hydrogen-bond donors (Lipinski definition) is 0. The van der Waals surface area contributed by atoms with Crippen LogP contribution in [0.3, 0.4) is 0 Å². The summed E-state index contributed by atoms with van der Waals surface area (Å²) >= 11 is 0. The van der Waals surface area contributed by atoms with Crippen LogP contribution in [0.25, 0.3) is 0 Å². The van der Waals surface area contributed by atoms with Gasteiger partial charge in [0.15, 0.2) is 0 Å². The first kappa shape index (κ1) is 24.4. The van der Waals surface area contributed by atoms with E-state index in [2.05, 4.69) is 91.0 Å². The fourth-order valence-corrected chi connectivity index (χ4v) is 6.21. The first-order chi connectivity index (χ1) is 15.6. The highest BCUT2D eigenvalue weighted by molar-refractivity contribution is 6.60. The molecule has 0 aromatic heterocycles. The molecule has 0 aliphatic carbocycles. The summed E-state index contributed by atoms with van der Waals surface area (Å²) in [6, 6.07) is 33.3. The Morgan fingerprint density at radius 2 is 0.906 bits per heavy atom. The molecular formula is C27H36NO3Si+. The summed E-state index contributed by atoms with van der Waals surface area (Å²) in [6.45, 7) is 3.90. The summed E-state index contributed by atoms with van der Waals surface area (Å²) in [5.74, 6) is 0. The molecule has 5 heteroatoms. The maximum Gasteiger partial charge on any atom is 0.500 e. The molecule has 4 nitrogen and oxygen atoms in total. The minimum Gasteiger partial charge on any atom is -0.377 e. The number of nitrogens with zero attached hydrogens (tertiary/aromatic N) is 1. The van der Waals surface area contributed by atoms with E-state index in [4.69, 9.17) is 13.3 Å². The van der Waals surface area contributed by atoms with Gasteiger partial charge in [-0.1, -0.05) is 91.0 Å². The second-order valence-electron chi connectivity index (χ2n) is 8.40. The predicted molar refractivity (Wildman–Crippen MR) is 132 cm³/mol. The zero-order chi connectivity index (χ0) is 22.7. The molecule has 0 saturated carbocycles. The molecule has 0 bridgehead atoms. The van der Waals surface area contributed by atoms with Crippen molar-refractivity contribution in [3.63, 3.8) is 0 Å². The van der Waals surface area contributed by atoms with Gasteiger partial charge in [-0.2, -0.15) is 0 Å². The predicted octanol–water partition coefficient (Wildman–Crippen LogP) is 5.67. The lowest BCUT2D eigenvalue weighted by Gasteiger charge is -2.40. The zero-order valence-corrected chi connectivity index (χ0v) is 20.6. The molecule has 170 valence electrons. The van der Waals surface area contributed by atoms with E-state index in [0.717, 1.165) is 43.1 Å². The molecule has 3 aromatic carbocycles. The molecule has 0 heterocycles. The monoisotopic (exact) mass is 450 g/mol. The Bertz CT molecular complexity index is 792. The average Bonchev–Trinajstić information content (AvgIpc) is 2.84. The average molecular weight is 451 g/mol. The van der Waals surface area contributed by atoms with Crippen LogP contribution in [0.5, 0.6) is 0 Å². The minimum atomic E-state index is -2.60. The molecule has 0 fully saturated rings. The zero-order valence-electron chi connectivity index (χ0n) is 19.6. The summed E-state index contributed by atoms with van der Waals surface area (Å²) in [4.78, 5) is 0. The maximum atomic E-state index is 5.69. The van der Waals surface area contributed by atoms with E-state index in [9.17, 15) is 0 Å². The van der Waals surface area contributed by atoms with Crippen LogP contribution < -0.4 is 0 Å². The molecular weight excluding hydrogens is 414 g/mol. The largest absolute Gasteiger partial charge is 0.500 e. The molecule has 3 aromatic rings. The quantitative estimate of drug-likeness (QED) is 0.248. The molecule has 0 N–H and O–H groups in total. The van der Waals surface area contributed by atoms with Gasteiger partial charge in [-0.15, -0.1) is 0 Å². The van der Waals surface area contributed by atoms with Crippen LogP contribution in [0.1, 0.15) is 23.1 Å². The lowest BCUT2D eigenvalue weighted by atomic mass is 10.1. The van der Waals surface area contributed by atoms with Gasteiger partial charge in [0.2, 0.25) is 0 Å². The Balaban J connectivity index is 1.92. The van der Waals surface area contributed by atoms with Gasteiger partial charge in [-0.3, -0.25) is 0 Å². The molecule has 0 spiro atoms. The van der Waals surface area contributed by atoms with E-state index in [0.29, 0.717) is 0 Å². The molecule has 0 radical (unpaired) electrons. The SMILES string of the molecule is CO[Si](CCC[N+](Cc1ccccc1)(Cc1ccccc1)Cc1ccccc1)(OC)OC. The third kappa shape index (κ3) is 6.86. The second kappa shape index (κ2) is 12.1. The van der Waals surface area contributed by atoms with Gasteiger partial charge in [0.25, 0.3) is 0 Å². The standard InChI is InChI=1S/C27H36NO3Si/c1-29-32(30-2,31-3)21-13-20-28(22-25-14-7-4-8-15-25,23-26-16-9-5-10-17-26)24-27-18-11-6-12-19-27/h4-12,14-19H,13,20-24H2,1-3H3/q+1. The van der Waals surface area contributed by atoms with E-state index in [1.165, 1.54) is 16.7 Å². The van der Waals surface area contributed by atoms with Crippen molar-refractivity contribution >= 4 is 8.80 Å². The molecule has 32 heavy (non-hydrogen) atoms. The summed E-state index contributed by atoms with van der Waals surface area (Å²) in [5.41, 5.74) is 4.06. The molecule has 0 saturated heterocycles. The highest BCUT2D eigenvalue weighted by Gasteiger charge is 2.39. The lowest BCUT2D eigenvalue weighted by molar-refractivity contribution is -0.966. The molecule has 3 rings (SSSR count). The van der Waals surface area contributed by atoms with Gasteiger partial charge in [-0.25, -0.2) is 0 Å². The van der Waals surface area contributed by atoms with E-state index in [1.807, 2.05) is 0 Å². The fraction of sp³-hybridized carbons (Fsp3) is 0.333. The molecule has 0 amide bonds. The van der Waals surface area contributed by atoms with Crippen LogP contribution in [0.15, 0.2) is 91.0 Å². The van der Waals surface area contributed by atoms with Crippen LogP contribution >= 0.6 is 0 Å². The molecule has 0 unspecified atom stereocenters. The van der Waals surface area contributed by atoms with Crippen molar-refractivity contribution < 1.29 is 17.8 Å². The van der Waals surface area contributed by atoms with E-state index in [-0.39, 0.29) is 0 Å².